The molecule has 6 nitrogen and oxygen atoms in total. The molecule has 1 fully saturated rings. The van der Waals surface area contributed by atoms with Gasteiger partial charge in [-0.05, 0) is 67.3 Å². The van der Waals surface area contributed by atoms with E-state index in [0.717, 1.165) is 11.1 Å². The second-order valence-corrected chi connectivity index (χ2v) is 9.52. The summed E-state index contributed by atoms with van der Waals surface area (Å²) in [6.45, 7) is 8.13. The summed E-state index contributed by atoms with van der Waals surface area (Å²) in [6, 6.07) is 12.6. The molecule has 0 amide bonds. The maximum absolute atomic E-state index is 15.4. The Hall–Kier alpha value is -3.58. The second kappa shape index (κ2) is 8.02. The van der Waals surface area contributed by atoms with Crippen molar-refractivity contribution in [3.63, 3.8) is 0 Å². The van der Waals surface area contributed by atoms with Crippen LogP contribution in [0.5, 0.6) is 11.6 Å². The van der Waals surface area contributed by atoms with Gasteiger partial charge < -0.3 is 9.84 Å². The van der Waals surface area contributed by atoms with Crippen LogP contribution in [0.2, 0.25) is 0 Å². The first-order chi connectivity index (χ1) is 16.2. The Morgan fingerprint density at radius 2 is 1.91 bits per heavy atom. The number of aromatic nitrogens is 3. The Labute approximate surface area is 198 Å². The van der Waals surface area contributed by atoms with E-state index in [0.29, 0.717) is 34.8 Å². The third kappa shape index (κ3) is 3.76. The van der Waals surface area contributed by atoms with Crippen molar-refractivity contribution in [1.29, 1.82) is 0 Å². The average molecular weight is 459 g/mol. The molecular formula is C27H27FN4O2. The molecule has 0 unspecified atom stereocenters. The summed E-state index contributed by atoms with van der Waals surface area (Å²) in [4.78, 5) is 4.11. The smallest absolute Gasteiger partial charge is 0.213 e. The highest BCUT2D eigenvalue weighted by Crippen LogP contribution is 2.46. The van der Waals surface area contributed by atoms with E-state index in [-0.39, 0.29) is 17.2 Å². The normalized spacial score (nSPS) is 27.5. The van der Waals surface area contributed by atoms with Gasteiger partial charge in [-0.1, -0.05) is 24.8 Å². The number of nitrogens with one attached hydrogen (secondary N) is 1. The average Bonchev–Trinajstić information content (AvgIpc) is 3.12. The number of hydrogen-bond donors (Lipinski definition) is 2. The Bertz CT molecular complexity index is 1290. The predicted molar refractivity (Wildman–Crippen MR) is 130 cm³/mol. The summed E-state index contributed by atoms with van der Waals surface area (Å²) < 4.78 is 20.6. The minimum Gasteiger partial charge on any atom is -0.507 e. The number of methoxy groups -OCH3 is 1. The zero-order chi connectivity index (χ0) is 24.1. The van der Waals surface area contributed by atoms with Gasteiger partial charge in [0.25, 0.3) is 0 Å². The SMILES string of the molecule is C=C(c1ccc(-c2ccc(-c3ccnc(OC)c3)cc2O)nn1)[C@@H]1C[C@@]2(C)C=C[C@](C)(N2)[C@@H]1F. The minimum absolute atomic E-state index is 0.0832. The number of rotatable bonds is 5. The maximum Gasteiger partial charge on any atom is 0.213 e. The fraction of sp³-hybridized carbons (Fsp3) is 0.296. The van der Waals surface area contributed by atoms with Crippen molar-refractivity contribution in [2.24, 2.45) is 5.92 Å². The first-order valence-corrected chi connectivity index (χ1v) is 11.2. The molecule has 1 saturated heterocycles. The van der Waals surface area contributed by atoms with Crippen LogP contribution in [0.4, 0.5) is 4.39 Å². The second-order valence-electron chi connectivity index (χ2n) is 9.52. The standard InChI is InChI=1S/C27H27FN4O2/c1-16(20-15-26(2)10-11-27(3,32-26)25(20)28)21-7-8-22(31-30-21)19-6-5-17(13-23(19)33)18-9-12-29-24(14-18)34-4/h5-14,20,25,32-33H,1,15H2,2-4H3/t20-,25+,26+,27-/m0/s1. The summed E-state index contributed by atoms with van der Waals surface area (Å²) in [6.07, 6.45) is 5.12. The molecule has 34 heavy (non-hydrogen) atoms. The van der Waals surface area contributed by atoms with Gasteiger partial charge in [0.2, 0.25) is 5.88 Å². The number of nitrogens with zero attached hydrogens (tertiary/aromatic N) is 3. The Morgan fingerprint density at radius 3 is 2.62 bits per heavy atom. The molecule has 7 heteroatoms. The Morgan fingerprint density at radius 1 is 1.12 bits per heavy atom. The van der Waals surface area contributed by atoms with Crippen LogP contribution in [0.3, 0.4) is 0 Å². The van der Waals surface area contributed by atoms with Crippen molar-refractivity contribution >= 4 is 5.57 Å². The van der Waals surface area contributed by atoms with Gasteiger partial charge in [-0.3, -0.25) is 5.32 Å². The molecule has 1 aromatic carbocycles. The van der Waals surface area contributed by atoms with Crippen LogP contribution < -0.4 is 10.1 Å². The van der Waals surface area contributed by atoms with Gasteiger partial charge in [0, 0.05) is 29.3 Å². The number of pyridine rings is 1. The molecule has 5 rings (SSSR count). The first kappa shape index (κ1) is 22.2. The fourth-order valence-corrected chi connectivity index (χ4v) is 5.08. The first-order valence-electron chi connectivity index (χ1n) is 11.2. The lowest BCUT2D eigenvalue weighted by Gasteiger charge is -2.45. The van der Waals surface area contributed by atoms with Crippen LogP contribution >= 0.6 is 0 Å². The van der Waals surface area contributed by atoms with E-state index in [4.69, 9.17) is 4.74 Å². The van der Waals surface area contributed by atoms with Crippen LogP contribution in [-0.4, -0.2) is 44.6 Å². The summed E-state index contributed by atoms with van der Waals surface area (Å²) in [5.41, 5.74) is 3.01. The molecule has 0 spiro atoms. The number of allylic oxidation sites excluding steroid dienone is 1. The molecule has 2 aliphatic heterocycles. The summed E-state index contributed by atoms with van der Waals surface area (Å²) in [5.74, 6) is 0.218. The van der Waals surface area contributed by atoms with Gasteiger partial charge in [-0.2, -0.15) is 5.10 Å². The maximum atomic E-state index is 15.4. The number of ether oxygens (including phenoxy) is 1. The molecule has 2 N–H and O–H groups in total. The topological polar surface area (TPSA) is 80.2 Å². The van der Waals surface area contributed by atoms with Crippen molar-refractivity contribution in [2.45, 2.75) is 37.5 Å². The van der Waals surface area contributed by atoms with Gasteiger partial charge in [-0.25, -0.2) is 9.37 Å². The molecule has 2 aliphatic rings. The van der Waals surface area contributed by atoms with Gasteiger partial charge >= 0.3 is 0 Å². The van der Waals surface area contributed by atoms with Crippen molar-refractivity contribution in [2.75, 3.05) is 7.11 Å². The van der Waals surface area contributed by atoms with E-state index in [2.05, 4.69) is 40.1 Å². The molecule has 4 heterocycles. The number of halogens is 1. The number of phenols is 1. The molecule has 2 bridgehead atoms. The number of phenolic OH excluding ortho intramolecular Hbond substituents is 1. The van der Waals surface area contributed by atoms with Crippen LogP contribution in [0, 0.1) is 5.92 Å². The van der Waals surface area contributed by atoms with Crippen LogP contribution in [0.15, 0.2) is 67.4 Å². The number of piperidine rings is 1. The van der Waals surface area contributed by atoms with Gasteiger partial charge in [0.1, 0.15) is 11.9 Å². The van der Waals surface area contributed by atoms with Crippen LogP contribution in [0.25, 0.3) is 28.0 Å². The highest BCUT2D eigenvalue weighted by molar-refractivity contribution is 5.75. The summed E-state index contributed by atoms with van der Waals surface area (Å²) >= 11 is 0. The third-order valence-electron chi connectivity index (χ3n) is 6.91. The summed E-state index contributed by atoms with van der Waals surface area (Å²) in [5, 5.41) is 22.7. The molecule has 2 aromatic heterocycles. The number of benzene rings is 1. The van der Waals surface area contributed by atoms with Crippen molar-refractivity contribution < 1.29 is 14.2 Å². The van der Waals surface area contributed by atoms with Gasteiger partial charge in [0.15, 0.2) is 0 Å². The largest absolute Gasteiger partial charge is 0.507 e. The highest BCUT2D eigenvalue weighted by Gasteiger charge is 2.52. The zero-order valence-corrected chi connectivity index (χ0v) is 19.4. The zero-order valence-electron chi connectivity index (χ0n) is 19.4. The number of hydrogen-bond acceptors (Lipinski definition) is 6. The number of fused-ring (bicyclic) bond motifs is 2. The molecule has 0 radical (unpaired) electrons. The molecule has 4 atom stereocenters. The molecule has 174 valence electrons. The van der Waals surface area contributed by atoms with E-state index in [1.807, 2.05) is 25.1 Å². The van der Waals surface area contributed by atoms with E-state index in [9.17, 15) is 5.11 Å². The predicted octanol–water partition coefficient (Wildman–Crippen LogP) is 4.97. The van der Waals surface area contributed by atoms with Crippen LogP contribution in [-0.2, 0) is 0 Å². The van der Waals surface area contributed by atoms with Gasteiger partial charge in [0.05, 0.1) is 24.0 Å². The molecule has 3 aromatic rings. The van der Waals surface area contributed by atoms with Crippen LogP contribution in [0.1, 0.15) is 26.0 Å². The molecular weight excluding hydrogens is 431 g/mol. The lowest BCUT2D eigenvalue weighted by molar-refractivity contribution is 0.0913. The Kier molecular flexibility index (Phi) is 5.24. The minimum atomic E-state index is -1.11. The third-order valence-corrected chi connectivity index (χ3v) is 6.91. The monoisotopic (exact) mass is 458 g/mol. The molecule has 0 aliphatic carbocycles. The molecule has 0 saturated carbocycles. The Balaban J connectivity index is 1.38. The van der Waals surface area contributed by atoms with Crippen molar-refractivity contribution in [3.8, 4) is 34.0 Å². The lowest BCUT2D eigenvalue weighted by Crippen LogP contribution is -2.61. The van der Waals surface area contributed by atoms with Crippen molar-refractivity contribution in [3.05, 3.63) is 73.1 Å². The van der Waals surface area contributed by atoms with Crippen molar-refractivity contribution in [1.82, 2.24) is 20.5 Å². The van der Waals surface area contributed by atoms with E-state index < -0.39 is 11.7 Å². The quantitative estimate of drug-likeness (QED) is 0.526. The lowest BCUT2D eigenvalue weighted by atomic mass is 9.74. The van der Waals surface area contributed by atoms with E-state index in [1.54, 1.807) is 43.6 Å². The summed E-state index contributed by atoms with van der Waals surface area (Å²) in [7, 11) is 1.56. The van der Waals surface area contributed by atoms with E-state index in [1.165, 1.54) is 0 Å². The fourth-order valence-electron chi connectivity index (χ4n) is 5.08. The van der Waals surface area contributed by atoms with E-state index >= 15 is 4.39 Å². The van der Waals surface area contributed by atoms with Gasteiger partial charge in [-0.15, -0.1) is 5.10 Å². The highest BCUT2D eigenvalue weighted by atomic mass is 19.1. The number of aromatic hydroxyl groups is 1. The number of alkyl halides is 1.